The molecule has 1 heterocycles. The Morgan fingerprint density at radius 1 is 1.29 bits per heavy atom. The molecule has 2 N–H and O–H groups in total. The van der Waals surface area contributed by atoms with Crippen LogP contribution in [0.15, 0.2) is 41.3 Å². The fourth-order valence-corrected chi connectivity index (χ4v) is 3.93. The van der Waals surface area contributed by atoms with Crippen LogP contribution in [0.3, 0.4) is 0 Å². The molecule has 2 aliphatic carbocycles. The third kappa shape index (κ3) is 2.50. The number of hydrogen-bond donors (Lipinski definition) is 2. The van der Waals surface area contributed by atoms with Crippen molar-refractivity contribution in [1.82, 2.24) is 9.88 Å². The van der Waals surface area contributed by atoms with Gasteiger partial charge in [-0.05, 0) is 42.4 Å². The lowest BCUT2D eigenvalue weighted by atomic mass is 9.92. The van der Waals surface area contributed by atoms with Crippen molar-refractivity contribution in [2.45, 2.75) is 31.7 Å². The fraction of sp³-hybridized carbons (Fsp3) is 0.368. The van der Waals surface area contributed by atoms with Crippen molar-refractivity contribution in [2.24, 2.45) is 13.0 Å². The lowest BCUT2D eigenvalue weighted by Crippen LogP contribution is -2.32. The van der Waals surface area contributed by atoms with Crippen molar-refractivity contribution < 1.29 is 4.79 Å². The van der Waals surface area contributed by atoms with Crippen molar-refractivity contribution in [2.75, 3.05) is 5.32 Å². The molecule has 2 aliphatic rings. The summed E-state index contributed by atoms with van der Waals surface area (Å²) in [4.78, 5) is 23.9. The third-order valence-electron chi connectivity index (χ3n) is 5.31. The molecule has 124 valence electrons. The third-order valence-corrected chi connectivity index (χ3v) is 5.31. The highest BCUT2D eigenvalue weighted by Gasteiger charge is 2.53. The first-order valence-electron chi connectivity index (χ1n) is 8.37. The largest absolute Gasteiger partial charge is 0.334 e. The lowest BCUT2D eigenvalue weighted by Gasteiger charge is -2.13. The van der Waals surface area contributed by atoms with Crippen molar-refractivity contribution in [3.8, 4) is 0 Å². The summed E-state index contributed by atoms with van der Waals surface area (Å²) >= 11 is 0. The van der Waals surface area contributed by atoms with E-state index in [4.69, 9.17) is 0 Å². The van der Waals surface area contributed by atoms with Crippen LogP contribution in [0.2, 0.25) is 0 Å². The summed E-state index contributed by atoms with van der Waals surface area (Å²) in [5, 5.41) is 5.98. The summed E-state index contributed by atoms with van der Waals surface area (Å²) in [5.41, 5.74) is 4.16. The van der Waals surface area contributed by atoms with Gasteiger partial charge in [0, 0.05) is 31.3 Å². The van der Waals surface area contributed by atoms with Gasteiger partial charge in [-0.25, -0.2) is 4.79 Å². The zero-order valence-electron chi connectivity index (χ0n) is 13.9. The molecule has 24 heavy (non-hydrogen) atoms. The van der Waals surface area contributed by atoms with Gasteiger partial charge in [-0.15, -0.1) is 0 Å². The number of rotatable bonds is 2. The number of benzene rings is 1. The van der Waals surface area contributed by atoms with Crippen LogP contribution in [-0.2, 0) is 13.5 Å². The number of urea groups is 1. The van der Waals surface area contributed by atoms with Gasteiger partial charge < -0.3 is 15.2 Å². The van der Waals surface area contributed by atoms with E-state index >= 15 is 0 Å². The first-order chi connectivity index (χ1) is 11.5. The average molecular weight is 323 g/mol. The van der Waals surface area contributed by atoms with E-state index in [1.165, 1.54) is 21.8 Å². The predicted octanol–water partition coefficient (Wildman–Crippen LogP) is 2.54. The second-order valence-corrected chi connectivity index (χ2v) is 6.87. The molecule has 1 fully saturated rings. The highest BCUT2D eigenvalue weighted by Crippen LogP contribution is 2.54. The van der Waals surface area contributed by atoms with Gasteiger partial charge in [0.1, 0.15) is 0 Å². The van der Waals surface area contributed by atoms with Crippen LogP contribution in [0.1, 0.15) is 29.0 Å². The number of amides is 2. The van der Waals surface area contributed by atoms with Gasteiger partial charge in [0.15, 0.2) is 0 Å². The summed E-state index contributed by atoms with van der Waals surface area (Å²) in [6, 6.07) is 10.1. The summed E-state index contributed by atoms with van der Waals surface area (Å²) in [5.74, 6) is 0.994. The fourth-order valence-electron chi connectivity index (χ4n) is 3.93. The summed E-state index contributed by atoms with van der Waals surface area (Å²) in [6.45, 7) is 1.82. The molecule has 2 amide bonds. The van der Waals surface area contributed by atoms with E-state index in [9.17, 15) is 9.59 Å². The molecule has 0 aliphatic heterocycles. The highest BCUT2D eigenvalue weighted by molar-refractivity contribution is 5.90. The minimum Gasteiger partial charge on any atom is -0.334 e. The molecule has 3 unspecified atom stereocenters. The summed E-state index contributed by atoms with van der Waals surface area (Å²) in [6.07, 6.45) is 3.88. The number of aryl methyl sites for hydroxylation is 3. The number of hydrogen-bond acceptors (Lipinski definition) is 2. The van der Waals surface area contributed by atoms with E-state index in [1.54, 1.807) is 13.2 Å². The van der Waals surface area contributed by atoms with Crippen molar-refractivity contribution in [1.29, 1.82) is 0 Å². The number of nitrogens with zero attached hydrogens (tertiary/aromatic N) is 1. The van der Waals surface area contributed by atoms with Crippen LogP contribution in [-0.4, -0.2) is 16.6 Å². The van der Waals surface area contributed by atoms with Gasteiger partial charge in [0.2, 0.25) is 0 Å². The summed E-state index contributed by atoms with van der Waals surface area (Å²) < 4.78 is 1.47. The number of pyridine rings is 1. The van der Waals surface area contributed by atoms with E-state index in [2.05, 4.69) is 34.9 Å². The molecule has 5 heteroatoms. The van der Waals surface area contributed by atoms with Crippen molar-refractivity contribution >= 4 is 11.7 Å². The van der Waals surface area contributed by atoms with Crippen LogP contribution in [0.5, 0.6) is 0 Å². The molecular weight excluding hydrogens is 302 g/mol. The normalized spacial score (nSPS) is 23.8. The first-order valence-corrected chi connectivity index (χ1v) is 8.37. The molecule has 0 radical (unpaired) electrons. The molecule has 1 saturated carbocycles. The maximum Gasteiger partial charge on any atom is 0.319 e. The molecule has 0 spiro atoms. The quantitative estimate of drug-likeness (QED) is 0.892. The van der Waals surface area contributed by atoms with Crippen molar-refractivity contribution in [3.05, 3.63) is 63.6 Å². The zero-order chi connectivity index (χ0) is 16.8. The Kier molecular flexibility index (Phi) is 3.44. The number of carbonyl (C=O) groups is 1. The van der Waals surface area contributed by atoms with Crippen LogP contribution < -0.4 is 16.2 Å². The number of fused-ring (bicyclic) bond motifs is 3. The zero-order valence-corrected chi connectivity index (χ0v) is 13.9. The second-order valence-electron chi connectivity index (χ2n) is 6.87. The Balaban J connectivity index is 1.45. The van der Waals surface area contributed by atoms with E-state index in [0.29, 0.717) is 17.5 Å². The van der Waals surface area contributed by atoms with Crippen molar-refractivity contribution in [3.63, 3.8) is 0 Å². The van der Waals surface area contributed by atoms with E-state index < -0.39 is 0 Å². The second kappa shape index (κ2) is 5.51. The van der Waals surface area contributed by atoms with Gasteiger partial charge in [-0.2, -0.15) is 0 Å². The molecule has 5 nitrogen and oxygen atoms in total. The Labute approximate surface area is 140 Å². The Hall–Kier alpha value is -2.56. The van der Waals surface area contributed by atoms with Crippen LogP contribution in [0, 0.1) is 12.8 Å². The Bertz CT molecular complexity index is 871. The average Bonchev–Trinajstić information content (AvgIpc) is 3.26. The maximum absolute atomic E-state index is 12.4. The number of anilines is 1. The molecule has 1 aromatic carbocycles. The molecular formula is C19H21N3O2. The topological polar surface area (TPSA) is 63.1 Å². The minimum absolute atomic E-state index is 0.0803. The molecule has 0 saturated heterocycles. The van der Waals surface area contributed by atoms with Gasteiger partial charge in [-0.3, -0.25) is 4.79 Å². The predicted molar refractivity (Wildman–Crippen MR) is 93.4 cm³/mol. The minimum atomic E-state index is -0.200. The van der Waals surface area contributed by atoms with Gasteiger partial charge in [0.05, 0.1) is 5.69 Å². The smallest absolute Gasteiger partial charge is 0.319 e. The Morgan fingerprint density at radius 2 is 2.08 bits per heavy atom. The Morgan fingerprint density at radius 3 is 2.92 bits per heavy atom. The highest BCUT2D eigenvalue weighted by atomic mass is 16.2. The molecule has 1 aromatic heterocycles. The van der Waals surface area contributed by atoms with E-state index in [1.807, 2.05) is 6.92 Å². The number of aromatic nitrogens is 1. The maximum atomic E-state index is 12.4. The monoisotopic (exact) mass is 323 g/mol. The molecule has 2 aromatic rings. The lowest BCUT2D eigenvalue weighted by molar-refractivity contribution is 0.251. The van der Waals surface area contributed by atoms with Crippen LogP contribution in [0.4, 0.5) is 10.5 Å². The van der Waals surface area contributed by atoms with E-state index in [0.717, 1.165) is 18.4 Å². The first kappa shape index (κ1) is 15.0. The van der Waals surface area contributed by atoms with E-state index in [-0.39, 0.29) is 17.6 Å². The van der Waals surface area contributed by atoms with Crippen LogP contribution in [0.25, 0.3) is 0 Å². The summed E-state index contributed by atoms with van der Waals surface area (Å²) in [7, 11) is 1.68. The van der Waals surface area contributed by atoms with Gasteiger partial charge >= 0.3 is 6.03 Å². The molecule has 3 atom stereocenters. The van der Waals surface area contributed by atoms with Gasteiger partial charge in [-0.1, -0.05) is 24.3 Å². The van der Waals surface area contributed by atoms with Crippen LogP contribution >= 0.6 is 0 Å². The standard InChI is InChI=1S/C19H21N3O2/c1-11-9-16(23)22(2)10-15(11)20-19(24)21-18-14-8-7-12-5-3-4-6-13(12)17(14)18/h3-6,9-10,14,17-18H,7-8H2,1-2H3,(H2,20,21,24). The molecule has 0 bridgehead atoms. The number of carbonyl (C=O) groups excluding carboxylic acids is 1. The number of nitrogens with one attached hydrogen (secondary N) is 2. The van der Waals surface area contributed by atoms with Gasteiger partial charge in [0.25, 0.3) is 5.56 Å². The molecule has 4 rings (SSSR count). The SMILES string of the molecule is Cc1cc(=O)n(C)cc1NC(=O)NC1C2CCc3ccccc3C21.